The van der Waals surface area contributed by atoms with Crippen molar-refractivity contribution in [2.45, 2.75) is 19.3 Å². The molecule has 1 aliphatic heterocycles. The number of carbonyl (C=O) groups is 2. The number of benzene rings is 1. The fourth-order valence-electron chi connectivity index (χ4n) is 3.14. The van der Waals surface area contributed by atoms with Gasteiger partial charge in [-0.3, -0.25) is 0 Å². The third-order valence-electron chi connectivity index (χ3n) is 3.85. The Labute approximate surface area is 118 Å². The van der Waals surface area contributed by atoms with E-state index in [4.69, 9.17) is 10.8 Å². The lowest BCUT2D eigenvalue weighted by Crippen LogP contribution is -2.27. The molecule has 1 aromatic carbocycles. The topological polar surface area (TPSA) is 128 Å². The zero-order valence-corrected chi connectivity index (χ0v) is 10.8. The number of nitrogens with zero attached hydrogens (tertiary/aromatic N) is 2. The maximum atomic E-state index is 11.5. The molecule has 1 aromatic rings. The summed E-state index contributed by atoms with van der Waals surface area (Å²) in [6.07, 6.45) is 2.89. The molecule has 0 fully saturated rings. The Morgan fingerprint density at radius 2 is 2.00 bits per heavy atom. The van der Waals surface area contributed by atoms with Gasteiger partial charge in [-0.1, -0.05) is 4.70 Å². The van der Waals surface area contributed by atoms with E-state index in [2.05, 4.69) is 0 Å². The zero-order valence-electron chi connectivity index (χ0n) is 10.8. The Kier molecular flexibility index (Phi) is 2.63. The van der Waals surface area contributed by atoms with Gasteiger partial charge < -0.3 is 15.0 Å². The number of hydrogen-bond acceptors (Lipinski definition) is 5. The van der Waals surface area contributed by atoms with Crippen LogP contribution in [0.4, 0.5) is 5.69 Å². The molecule has 0 atom stereocenters. The highest BCUT2D eigenvalue weighted by molar-refractivity contribution is 6.09. The summed E-state index contributed by atoms with van der Waals surface area (Å²) in [6, 6.07) is 1.82. The molecule has 2 aliphatic rings. The van der Waals surface area contributed by atoms with E-state index in [1.165, 1.54) is 6.20 Å². The SMILES string of the molecule is N#CC1=C[N+](=N)c2c3c(c(C(=O)O)c(C(=O)[O-])c21)CCC3. The number of fused-ring (bicyclic) bond motifs is 3. The predicted molar refractivity (Wildman–Crippen MR) is 66.0 cm³/mol. The number of aromatic carboxylic acids is 2. The molecule has 2 N–H and O–H groups in total. The summed E-state index contributed by atoms with van der Waals surface area (Å²) in [5, 5.41) is 30.0. The average Bonchev–Trinajstić information content (AvgIpc) is 3.00. The van der Waals surface area contributed by atoms with Crippen molar-refractivity contribution in [2.24, 2.45) is 0 Å². The van der Waals surface area contributed by atoms with Gasteiger partial charge >= 0.3 is 5.97 Å². The minimum atomic E-state index is -1.64. The van der Waals surface area contributed by atoms with Gasteiger partial charge in [0.25, 0.3) is 0 Å². The molecule has 0 saturated carbocycles. The van der Waals surface area contributed by atoms with E-state index in [0.717, 1.165) is 4.70 Å². The second-order valence-corrected chi connectivity index (χ2v) is 4.90. The quantitative estimate of drug-likeness (QED) is 0.775. The van der Waals surface area contributed by atoms with E-state index in [1.54, 1.807) is 0 Å². The van der Waals surface area contributed by atoms with Crippen LogP contribution in [0.2, 0.25) is 0 Å². The molecular formula is C14H9N3O4. The van der Waals surface area contributed by atoms with Crippen LogP contribution in [-0.2, 0) is 12.8 Å². The van der Waals surface area contributed by atoms with Crippen molar-refractivity contribution in [1.29, 1.82) is 10.8 Å². The van der Waals surface area contributed by atoms with Crippen molar-refractivity contribution in [3.8, 4) is 6.07 Å². The molecule has 0 amide bonds. The van der Waals surface area contributed by atoms with Crippen molar-refractivity contribution >= 4 is 23.2 Å². The molecule has 3 rings (SSSR count). The van der Waals surface area contributed by atoms with E-state index >= 15 is 0 Å². The largest absolute Gasteiger partial charge is 0.545 e. The first-order valence-corrected chi connectivity index (χ1v) is 6.26. The molecule has 1 aliphatic carbocycles. The summed E-state index contributed by atoms with van der Waals surface area (Å²) in [6.45, 7) is 0. The Bertz CT molecular complexity index is 815. The van der Waals surface area contributed by atoms with Gasteiger partial charge in [0.2, 0.25) is 11.9 Å². The first kappa shape index (κ1) is 13.0. The Morgan fingerprint density at radius 1 is 1.33 bits per heavy atom. The summed E-state index contributed by atoms with van der Waals surface area (Å²) in [7, 11) is 0. The minimum Gasteiger partial charge on any atom is -0.545 e. The third kappa shape index (κ3) is 1.59. The maximum Gasteiger partial charge on any atom is 0.336 e. The fourth-order valence-corrected chi connectivity index (χ4v) is 3.14. The second kappa shape index (κ2) is 4.24. The van der Waals surface area contributed by atoms with E-state index in [-0.39, 0.29) is 16.7 Å². The van der Waals surface area contributed by atoms with Crippen LogP contribution in [0.15, 0.2) is 6.20 Å². The molecule has 21 heavy (non-hydrogen) atoms. The molecule has 7 heteroatoms. The van der Waals surface area contributed by atoms with Crippen LogP contribution in [0, 0.1) is 16.9 Å². The summed E-state index contributed by atoms with van der Waals surface area (Å²) in [5.74, 6) is -2.99. The van der Waals surface area contributed by atoms with Gasteiger partial charge in [0.15, 0.2) is 0 Å². The zero-order chi connectivity index (χ0) is 15.3. The third-order valence-corrected chi connectivity index (χ3v) is 3.85. The second-order valence-electron chi connectivity index (χ2n) is 4.90. The maximum absolute atomic E-state index is 11.5. The van der Waals surface area contributed by atoms with Crippen molar-refractivity contribution in [3.63, 3.8) is 0 Å². The van der Waals surface area contributed by atoms with E-state index in [0.29, 0.717) is 36.1 Å². The van der Waals surface area contributed by atoms with Gasteiger partial charge in [-0.15, -0.1) is 0 Å². The molecule has 0 aromatic heterocycles. The van der Waals surface area contributed by atoms with Gasteiger partial charge in [-0.05, 0) is 30.4 Å². The van der Waals surface area contributed by atoms with Gasteiger partial charge in [-0.25, -0.2) is 4.79 Å². The molecule has 0 spiro atoms. The normalized spacial score (nSPS) is 15.2. The number of nitrogens with one attached hydrogen (secondary N) is 1. The van der Waals surface area contributed by atoms with Crippen molar-refractivity contribution in [3.05, 3.63) is 34.0 Å². The Hall–Kier alpha value is -3.01. The highest BCUT2D eigenvalue weighted by atomic mass is 16.4. The standard InChI is InChI=1S/C14H9N3O4/c15-4-6-5-17(16)12-8-3-1-2-7(8)10(13(18)19)11(9(6)12)14(20)21/h5,16H,1-3H2,(H-,18,19,20,21). The molecule has 0 saturated heterocycles. The van der Waals surface area contributed by atoms with Crippen molar-refractivity contribution in [1.82, 2.24) is 0 Å². The molecule has 0 unspecified atom stereocenters. The first-order chi connectivity index (χ1) is 9.97. The molecule has 7 nitrogen and oxygen atoms in total. The van der Waals surface area contributed by atoms with Gasteiger partial charge in [-0.2, -0.15) is 5.26 Å². The summed E-state index contributed by atoms with van der Waals surface area (Å²) in [5.41, 5.74) is 8.40. The van der Waals surface area contributed by atoms with Gasteiger partial charge in [0, 0.05) is 11.1 Å². The summed E-state index contributed by atoms with van der Waals surface area (Å²) < 4.78 is 0.941. The number of allylic oxidation sites excluding steroid dienone is 1. The van der Waals surface area contributed by atoms with Gasteiger partial charge in [0.1, 0.15) is 11.6 Å². The number of carboxylic acids is 2. The number of carbonyl (C=O) groups excluding carboxylic acids is 1. The number of hydrogen-bond donors (Lipinski definition) is 2. The van der Waals surface area contributed by atoms with Crippen LogP contribution in [0.25, 0.3) is 5.57 Å². The lowest BCUT2D eigenvalue weighted by Gasteiger charge is -2.15. The van der Waals surface area contributed by atoms with Crippen LogP contribution in [-0.4, -0.2) is 21.7 Å². The van der Waals surface area contributed by atoms with Crippen LogP contribution in [0.5, 0.6) is 0 Å². The molecule has 0 bridgehead atoms. The van der Waals surface area contributed by atoms with Gasteiger partial charge in [0.05, 0.1) is 17.1 Å². The lowest BCUT2D eigenvalue weighted by atomic mass is 9.89. The molecule has 0 radical (unpaired) electrons. The number of nitriles is 1. The van der Waals surface area contributed by atoms with Crippen LogP contribution in [0.1, 0.15) is 43.8 Å². The lowest BCUT2D eigenvalue weighted by molar-refractivity contribution is -0.461. The van der Waals surface area contributed by atoms with Crippen LogP contribution < -0.4 is 5.11 Å². The molecular weight excluding hydrogens is 274 g/mol. The number of rotatable bonds is 2. The first-order valence-electron chi connectivity index (χ1n) is 6.26. The summed E-state index contributed by atoms with van der Waals surface area (Å²) in [4.78, 5) is 23.0. The number of carboxylic acid groups (broad SMARTS) is 2. The highest BCUT2D eigenvalue weighted by Crippen LogP contribution is 2.45. The molecule has 1 heterocycles. The summed E-state index contributed by atoms with van der Waals surface area (Å²) >= 11 is 0. The fraction of sp³-hybridized carbons (Fsp3) is 0.214. The monoisotopic (exact) mass is 283 g/mol. The Morgan fingerprint density at radius 3 is 2.57 bits per heavy atom. The van der Waals surface area contributed by atoms with Crippen LogP contribution in [0.3, 0.4) is 0 Å². The van der Waals surface area contributed by atoms with E-state index < -0.39 is 17.5 Å². The molecule has 104 valence electrons. The minimum absolute atomic E-state index is 0.00875. The highest BCUT2D eigenvalue weighted by Gasteiger charge is 2.40. The Balaban J connectivity index is 2.53. The van der Waals surface area contributed by atoms with E-state index in [9.17, 15) is 19.8 Å². The van der Waals surface area contributed by atoms with Crippen LogP contribution >= 0.6 is 0 Å². The predicted octanol–water partition coefficient (Wildman–Crippen LogP) is 0.790. The average molecular weight is 283 g/mol. The van der Waals surface area contributed by atoms with Crippen molar-refractivity contribution in [2.75, 3.05) is 0 Å². The smallest absolute Gasteiger partial charge is 0.336 e. The van der Waals surface area contributed by atoms with Crippen molar-refractivity contribution < 1.29 is 24.5 Å². The van der Waals surface area contributed by atoms with E-state index in [1.807, 2.05) is 6.07 Å².